The predicted octanol–water partition coefficient (Wildman–Crippen LogP) is 13.2. The fourth-order valence-corrected chi connectivity index (χ4v) is 6.35. The third kappa shape index (κ3) is 3.90. The molecule has 10 aromatic rings. The molecule has 0 amide bonds. The minimum absolute atomic E-state index is 0.110. The van der Waals surface area contributed by atoms with Crippen molar-refractivity contribution in [3.8, 4) is 33.4 Å². The Kier molecular flexibility index (Phi) is 2.79. The molecule has 0 unspecified atom stereocenters. The molecule has 1 heterocycles. The lowest BCUT2D eigenvalue weighted by Crippen LogP contribution is -1.94. The summed E-state index contributed by atoms with van der Waals surface area (Å²) < 4.78 is 197. The Balaban J connectivity index is 1.62. The molecule has 0 saturated carbocycles. The maximum Gasteiger partial charge on any atom is 0.136 e. The van der Waals surface area contributed by atoms with Crippen molar-refractivity contribution in [2.75, 3.05) is 0 Å². The number of para-hydroxylation sites is 1. The molecule has 218 valence electrons. The average Bonchev–Trinajstić information content (AvgIpc) is 3.74. The zero-order chi connectivity index (χ0) is 49.2. The van der Waals surface area contributed by atoms with Crippen molar-refractivity contribution < 1.29 is 33.2 Å². The van der Waals surface area contributed by atoms with Gasteiger partial charge in [-0.25, -0.2) is 0 Å². The van der Waals surface area contributed by atoms with E-state index in [-0.39, 0.29) is 32.7 Å². The third-order valence-corrected chi connectivity index (χ3v) is 8.32. The van der Waals surface area contributed by atoms with Crippen LogP contribution in [0.4, 0.5) is 0 Å². The van der Waals surface area contributed by atoms with Gasteiger partial charge in [0.05, 0.1) is 28.8 Å². The summed E-state index contributed by atoms with van der Waals surface area (Å²) >= 11 is 0. The molecule has 0 atom stereocenters. The van der Waals surface area contributed by atoms with Crippen LogP contribution in [0.5, 0.6) is 0 Å². The van der Waals surface area contributed by atoms with E-state index in [9.17, 15) is 13.7 Å². The monoisotopic (exact) mass is 617 g/mol. The molecule has 0 aliphatic heterocycles. The van der Waals surface area contributed by atoms with Gasteiger partial charge in [-0.1, -0.05) is 151 Å². The number of rotatable bonds is 3. The topological polar surface area (TPSA) is 13.1 Å². The van der Waals surface area contributed by atoms with Crippen LogP contribution >= 0.6 is 0 Å². The van der Waals surface area contributed by atoms with Gasteiger partial charge in [0.1, 0.15) is 11.2 Å². The Bertz CT molecular complexity index is 4030. The molecule has 0 bridgehead atoms. The van der Waals surface area contributed by atoms with Crippen molar-refractivity contribution in [1.29, 1.82) is 0 Å². The number of benzene rings is 9. The van der Waals surface area contributed by atoms with Crippen molar-refractivity contribution in [3.63, 3.8) is 0 Å². The van der Waals surface area contributed by atoms with Gasteiger partial charge >= 0.3 is 0 Å². The van der Waals surface area contributed by atoms with Gasteiger partial charge in [-0.05, 0) is 94.6 Å². The number of hydrogen-bond donors (Lipinski definition) is 0. The van der Waals surface area contributed by atoms with Gasteiger partial charge in [0.15, 0.2) is 0 Å². The van der Waals surface area contributed by atoms with Crippen LogP contribution in [0.1, 0.15) is 28.8 Å². The molecule has 9 aromatic carbocycles. The van der Waals surface area contributed by atoms with Crippen LogP contribution in [-0.4, -0.2) is 0 Å². The van der Waals surface area contributed by atoms with Crippen LogP contribution in [0.15, 0.2) is 174 Å². The molecule has 1 aromatic heterocycles. The number of fused-ring (bicyclic) bond motifs is 7. The van der Waals surface area contributed by atoms with Crippen molar-refractivity contribution in [2.24, 2.45) is 0 Å². The Hall–Kier alpha value is -6.18. The van der Waals surface area contributed by atoms with Gasteiger partial charge in [0.2, 0.25) is 0 Å². The van der Waals surface area contributed by atoms with Crippen molar-refractivity contribution >= 4 is 65.0 Å². The summed E-state index contributed by atoms with van der Waals surface area (Å²) in [5, 5.41) is -2.26. The molecule has 0 fully saturated rings. The third-order valence-electron chi connectivity index (χ3n) is 8.32. The number of hydrogen-bond acceptors (Lipinski definition) is 1. The smallest absolute Gasteiger partial charge is 0.136 e. The molecule has 0 spiro atoms. The second-order valence-corrected chi connectivity index (χ2v) is 10.8. The van der Waals surface area contributed by atoms with E-state index in [0.29, 0.717) is 10.8 Å². The summed E-state index contributed by atoms with van der Waals surface area (Å²) in [5.74, 6) is 0. The second-order valence-electron chi connectivity index (χ2n) is 10.8. The minimum Gasteiger partial charge on any atom is -0.456 e. The van der Waals surface area contributed by atoms with Crippen LogP contribution in [0, 0.1) is 0 Å². The SMILES string of the molecule is [2H]c1c([2H])c([2H])c2c(oc3c([2H])c(-c4c([2H])c([2H])c([2H])c5c(-c6cccc7ccccc67)c6c([2H])c([2H])c([2H])c([2H])c6c(-c6c([2H])c([2H])c([2H])c7c([2H])c([2H])c([2H])c([2H])c67)c45)c([2H])c([2H])c32)c1[2H]. The summed E-state index contributed by atoms with van der Waals surface area (Å²) in [5.41, 5.74) is -3.26. The van der Waals surface area contributed by atoms with Gasteiger partial charge in [0.25, 0.3) is 0 Å². The van der Waals surface area contributed by atoms with Crippen LogP contribution in [-0.2, 0) is 0 Å². The van der Waals surface area contributed by atoms with E-state index < -0.39 is 182 Å². The number of furan rings is 1. The molecule has 0 aliphatic rings. The van der Waals surface area contributed by atoms with Gasteiger partial charge < -0.3 is 4.42 Å². The predicted molar refractivity (Wildman–Crippen MR) is 200 cm³/mol. The zero-order valence-electron chi connectivity index (χ0n) is 44.9. The van der Waals surface area contributed by atoms with Gasteiger partial charge in [-0.2, -0.15) is 0 Å². The standard InChI is InChI=1S/C46H28O/c1-3-16-32-29(12-1)14-9-22-37(32)44-39-19-5-6-20-40(39)46(38-23-10-15-30-13-2-4-17-33(30)38)45-34(21-11-24-41(44)45)31-26-27-36-35-18-7-8-25-42(35)47-43(36)28-31/h1-28H/i2D,4D,5D,6D,7D,8D,10D,11D,13D,15D,17D,18D,19D,20D,21D,23D,24D,25D,26D,27D,28D. The van der Waals surface area contributed by atoms with Crippen LogP contribution < -0.4 is 0 Å². The highest BCUT2D eigenvalue weighted by molar-refractivity contribution is 6.28. The quantitative estimate of drug-likeness (QED) is 0.180. The summed E-state index contributed by atoms with van der Waals surface area (Å²) in [7, 11) is 0. The maximum atomic E-state index is 9.75. The molecule has 10 rings (SSSR count). The first-order valence-electron chi connectivity index (χ1n) is 25.0. The zero-order valence-corrected chi connectivity index (χ0v) is 23.9. The Morgan fingerprint density at radius 1 is 0.383 bits per heavy atom. The van der Waals surface area contributed by atoms with E-state index in [1.54, 1.807) is 42.5 Å². The van der Waals surface area contributed by atoms with E-state index >= 15 is 0 Å². The van der Waals surface area contributed by atoms with E-state index in [1.807, 2.05) is 0 Å². The van der Waals surface area contributed by atoms with E-state index in [0.717, 1.165) is 0 Å². The summed E-state index contributed by atoms with van der Waals surface area (Å²) in [6.07, 6.45) is 0. The summed E-state index contributed by atoms with van der Waals surface area (Å²) in [6.45, 7) is 0. The second kappa shape index (κ2) is 10.2. The molecule has 1 nitrogen and oxygen atoms in total. The first-order valence-corrected chi connectivity index (χ1v) is 14.5. The molecule has 0 radical (unpaired) electrons. The Labute approximate surface area is 301 Å². The Morgan fingerprint density at radius 3 is 1.96 bits per heavy atom. The lowest BCUT2D eigenvalue weighted by Gasteiger charge is -2.22. The van der Waals surface area contributed by atoms with Gasteiger partial charge in [-0.3, -0.25) is 0 Å². The largest absolute Gasteiger partial charge is 0.456 e. The minimum atomic E-state index is -0.881. The molecule has 47 heavy (non-hydrogen) atoms. The van der Waals surface area contributed by atoms with Crippen molar-refractivity contribution in [3.05, 3.63) is 169 Å². The highest BCUT2D eigenvalue weighted by Gasteiger charge is 2.22. The average molecular weight is 618 g/mol. The highest BCUT2D eigenvalue weighted by Crippen LogP contribution is 2.49. The first kappa shape index (κ1) is 12.9. The fourth-order valence-electron chi connectivity index (χ4n) is 6.35. The van der Waals surface area contributed by atoms with E-state index in [1.165, 1.54) is 0 Å². The lowest BCUT2D eigenvalue weighted by atomic mass is 9.81. The summed E-state index contributed by atoms with van der Waals surface area (Å²) in [6, 6.07) is -4.47. The van der Waals surface area contributed by atoms with Crippen LogP contribution in [0.3, 0.4) is 0 Å². The molecular weight excluding hydrogens is 569 g/mol. The van der Waals surface area contributed by atoms with E-state index in [4.69, 9.17) is 19.5 Å². The molecule has 1 heteroatoms. The molecule has 0 saturated heterocycles. The highest BCUT2D eigenvalue weighted by atomic mass is 16.3. The molecular formula is C46H28O. The lowest BCUT2D eigenvalue weighted by molar-refractivity contribution is 0.669. The fraction of sp³-hybridized carbons (Fsp3) is 0. The van der Waals surface area contributed by atoms with Crippen molar-refractivity contribution in [1.82, 2.24) is 0 Å². The normalized spacial score (nSPS) is 18.1. The van der Waals surface area contributed by atoms with Gasteiger partial charge in [-0.15, -0.1) is 0 Å². The van der Waals surface area contributed by atoms with Crippen LogP contribution in [0.25, 0.3) is 98.4 Å². The Morgan fingerprint density at radius 2 is 1.04 bits per heavy atom. The van der Waals surface area contributed by atoms with Crippen LogP contribution in [0.2, 0.25) is 0 Å². The molecule has 0 N–H and O–H groups in total. The van der Waals surface area contributed by atoms with E-state index in [2.05, 4.69) is 0 Å². The summed E-state index contributed by atoms with van der Waals surface area (Å²) in [4.78, 5) is 0. The van der Waals surface area contributed by atoms with Gasteiger partial charge in [0, 0.05) is 10.8 Å². The first-order chi connectivity index (χ1) is 32.1. The van der Waals surface area contributed by atoms with Crippen molar-refractivity contribution in [2.45, 2.75) is 0 Å². The maximum absolute atomic E-state index is 9.75. The molecule has 0 aliphatic carbocycles.